The lowest BCUT2D eigenvalue weighted by Gasteiger charge is -2.24. The molecule has 40 heavy (non-hydrogen) atoms. The van der Waals surface area contributed by atoms with Gasteiger partial charge in [-0.25, -0.2) is 8.78 Å². The molecular formula is C31H27F2N3O4. The summed E-state index contributed by atoms with van der Waals surface area (Å²) in [5.74, 6) is -3.51. The molecule has 7 nitrogen and oxygen atoms in total. The van der Waals surface area contributed by atoms with Crippen molar-refractivity contribution < 1.29 is 28.3 Å². The molecule has 4 rings (SSSR count). The Labute approximate surface area is 230 Å². The van der Waals surface area contributed by atoms with Gasteiger partial charge in [-0.15, -0.1) is 0 Å². The SMILES string of the molecule is O=C(O)CCN(CCc1ccncc1)C(=O)c1ccccc1-c1ccccc1C(=O)NCc1c(F)cccc1F. The zero-order valence-electron chi connectivity index (χ0n) is 21.5. The Morgan fingerprint density at radius 1 is 0.775 bits per heavy atom. The smallest absolute Gasteiger partial charge is 0.305 e. The molecule has 0 saturated heterocycles. The van der Waals surface area contributed by atoms with Gasteiger partial charge in [-0.05, 0) is 59.5 Å². The first-order valence-corrected chi connectivity index (χ1v) is 12.6. The number of hydrogen-bond donors (Lipinski definition) is 2. The Bertz CT molecular complexity index is 1490. The molecule has 0 fully saturated rings. The molecule has 0 aliphatic carbocycles. The van der Waals surface area contributed by atoms with Gasteiger partial charge >= 0.3 is 5.97 Å². The molecule has 0 aliphatic rings. The van der Waals surface area contributed by atoms with Gasteiger partial charge in [0.25, 0.3) is 11.8 Å². The van der Waals surface area contributed by atoms with Crippen molar-refractivity contribution in [3.63, 3.8) is 0 Å². The Kier molecular flexibility index (Phi) is 9.30. The van der Waals surface area contributed by atoms with Crippen LogP contribution in [0.2, 0.25) is 0 Å². The van der Waals surface area contributed by atoms with E-state index in [1.54, 1.807) is 60.9 Å². The van der Waals surface area contributed by atoms with E-state index < -0.39 is 23.5 Å². The molecule has 204 valence electrons. The molecule has 2 N–H and O–H groups in total. The quantitative estimate of drug-likeness (QED) is 0.274. The Balaban J connectivity index is 1.62. The van der Waals surface area contributed by atoms with Crippen molar-refractivity contribution in [3.05, 3.63) is 125 Å². The van der Waals surface area contributed by atoms with Crippen LogP contribution >= 0.6 is 0 Å². The van der Waals surface area contributed by atoms with E-state index in [-0.39, 0.29) is 43.1 Å². The van der Waals surface area contributed by atoms with E-state index in [0.717, 1.165) is 17.7 Å². The molecule has 0 unspecified atom stereocenters. The summed E-state index contributed by atoms with van der Waals surface area (Å²) in [5.41, 5.74) is 2.12. The van der Waals surface area contributed by atoms with E-state index in [2.05, 4.69) is 10.3 Å². The van der Waals surface area contributed by atoms with Crippen LogP contribution in [0, 0.1) is 11.6 Å². The molecule has 0 bridgehead atoms. The molecule has 0 atom stereocenters. The highest BCUT2D eigenvalue weighted by atomic mass is 19.1. The third kappa shape index (κ3) is 6.93. The van der Waals surface area contributed by atoms with Crippen molar-refractivity contribution >= 4 is 17.8 Å². The van der Waals surface area contributed by atoms with Crippen molar-refractivity contribution in [2.24, 2.45) is 0 Å². The Morgan fingerprint density at radius 2 is 1.38 bits per heavy atom. The summed E-state index contributed by atoms with van der Waals surface area (Å²) in [5, 5.41) is 11.8. The fourth-order valence-corrected chi connectivity index (χ4v) is 4.31. The number of nitrogens with one attached hydrogen (secondary N) is 1. The molecule has 2 amide bonds. The van der Waals surface area contributed by atoms with Gasteiger partial charge in [0.2, 0.25) is 0 Å². The Hall–Kier alpha value is -4.92. The predicted molar refractivity (Wildman–Crippen MR) is 146 cm³/mol. The van der Waals surface area contributed by atoms with Gasteiger partial charge in [0.15, 0.2) is 0 Å². The number of aromatic nitrogens is 1. The number of amides is 2. The fourth-order valence-electron chi connectivity index (χ4n) is 4.31. The number of carbonyl (C=O) groups is 3. The minimum absolute atomic E-state index is 0.00389. The standard InChI is InChI=1S/C31H27F2N3O4/c32-27-10-5-11-28(33)26(27)20-35-30(39)24-8-3-1-6-22(24)23-7-2-4-9-25(23)31(40)36(19-15-29(37)38)18-14-21-12-16-34-17-13-21/h1-13,16-17H,14-15,18-20H2,(H,35,39)(H,37,38). The first kappa shape index (κ1) is 28.1. The molecule has 0 saturated carbocycles. The summed E-state index contributed by atoms with van der Waals surface area (Å²) in [6.45, 7) is -0.0745. The Morgan fingerprint density at radius 3 is 2.02 bits per heavy atom. The third-order valence-electron chi connectivity index (χ3n) is 6.41. The highest BCUT2D eigenvalue weighted by Crippen LogP contribution is 2.28. The van der Waals surface area contributed by atoms with Crippen LogP contribution in [-0.2, 0) is 17.8 Å². The predicted octanol–water partition coefficient (Wildman–Crippen LogP) is 5.12. The van der Waals surface area contributed by atoms with Gasteiger partial charge in [0.1, 0.15) is 11.6 Å². The van der Waals surface area contributed by atoms with E-state index in [1.807, 2.05) is 12.1 Å². The molecule has 1 heterocycles. The van der Waals surface area contributed by atoms with Crippen LogP contribution in [-0.4, -0.2) is 45.9 Å². The topological polar surface area (TPSA) is 99.6 Å². The number of pyridine rings is 1. The molecule has 1 aromatic heterocycles. The van der Waals surface area contributed by atoms with Crippen LogP contribution in [0.25, 0.3) is 11.1 Å². The zero-order chi connectivity index (χ0) is 28.5. The monoisotopic (exact) mass is 543 g/mol. The molecule has 3 aromatic carbocycles. The van der Waals surface area contributed by atoms with Crippen LogP contribution in [0.3, 0.4) is 0 Å². The summed E-state index contributed by atoms with van der Waals surface area (Å²) in [6, 6.07) is 20.5. The minimum Gasteiger partial charge on any atom is -0.481 e. The lowest BCUT2D eigenvalue weighted by atomic mass is 9.94. The van der Waals surface area contributed by atoms with Crippen LogP contribution < -0.4 is 5.32 Å². The molecule has 0 spiro atoms. The van der Waals surface area contributed by atoms with E-state index in [4.69, 9.17) is 0 Å². The first-order valence-electron chi connectivity index (χ1n) is 12.6. The molecule has 4 aromatic rings. The van der Waals surface area contributed by atoms with Gasteiger partial charge in [0, 0.05) is 48.7 Å². The average Bonchev–Trinajstić information content (AvgIpc) is 2.97. The minimum atomic E-state index is -1.02. The van der Waals surface area contributed by atoms with Crippen molar-refractivity contribution in [2.75, 3.05) is 13.1 Å². The van der Waals surface area contributed by atoms with Crippen LogP contribution in [0.5, 0.6) is 0 Å². The van der Waals surface area contributed by atoms with Gasteiger partial charge in [-0.3, -0.25) is 19.4 Å². The van der Waals surface area contributed by atoms with E-state index >= 15 is 0 Å². The maximum Gasteiger partial charge on any atom is 0.305 e. The molecule has 0 aliphatic heterocycles. The largest absolute Gasteiger partial charge is 0.481 e. The number of halogens is 2. The fraction of sp³-hybridized carbons (Fsp3) is 0.161. The van der Waals surface area contributed by atoms with Crippen LogP contribution in [0.15, 0.2) is 91.3 Å². The van der Waals surface area contributed by atoms with E-state index in [9.17, 15) is 28.3 Å². The second kappa shape index (κ2) is 13.2. The zero-order valence-corrected chi connectivity index (χ0v) is 21.5. The normalized spacial score (nSPS) is 10.7. The summed E-state index contributed by atoms with van der Waals surface area (Å²) in [7, 11) is 0. The van der Waals surface area contributed by atoms with Crippen molar-refractivity contribution in [3.8, 4) is 11.1 Å². The van der Waals surface area contributed by atoms with Crippen molar-refractivity contribution in [2.45, 2.75) is 19.4 Å². The second-order valence-corrected chi connectivity index (χ2v) is 9.02. The lowest BCUT2D eigenvalue weighted by Crippen LogP contribution is -2.35. The lowest BCUT2D eigenvalue weighted by molar-refractivity contribution is -0.137. The number of benzene rings is 3. The van der Waals surface area contributed by atoms with E-state index in [0.29, 0.717) is 23.1 Å². The number of aliphatic carboxylic acids is 1. The van der Waals surface area contributed by atoms with Crippen LogP contribution in [0.4, 0.5) is 8.78 Å². The average molecular weight is 544 g/mol. The highest BCUT2D eigenvalue weighted by molar-refractivity contribution is 6.06. The summed E-state index contributed by atoms with van der Waals surface area (Å²) >= 11 is 0. The summed E-state index contributed by atoms with van der Waals surface area (Å²) < 4.78 is 28.2. The van der Waals surface area contributed by atoms with Crippen LogP contribution in [0.1, 0.15) is 38.3 Å². The third-order valence-corrected chi connectivity index (χ3v) is 6.41. The van der Waals surface area contributed by atoms with Gasteiger partial charge in [-0.1, -0.05) is 42.5 Å². The number of carbonyl (C=O) groups excluding carboxylic acids is 2. The number of carboxylic acids is 1. The van der Waals surface area contributed by atoms with Crippen molar-refractivity contribution in [1.82, 2.24) is 15.2 Å². The van der Waals surface area contributed by atoms with Crippen molar-refractivity contribution in [1.29, 1.82) is 0 Å². The van der Waals surface area contributed by atoms with Gasteiger partial charge in [-0.2, -0.15) is 0 Å². The number of hydrogen-bond acceptors (Lipinski definition) is 4. The number of nitrogens with zero attached hydrogens (tertiary/aromatic N) is 2. The maximum absolute atomic E-state index is 14.1. The second-order valence-electron chi connectivity index (χ2n) is 9.02. The molecular weight excluding hydrogens is 516 g/mol. The van der Waals surface area contributed by atoms with Gasteiger partial charge in [0.05, 0.1) is 6.42 Å². The summed E-state index contributed by atoms with van der Waals surface area (Å²) in [4.78, 5) is 43.7. The summed E-state index contributed by atoms with van der Waals surface area (Å²) in [6.07, 6.45) is 3.57. The first-order chi connectivity index (χ1) is 19.3. The van der Waals surface area contributed by atoms with Gasteiger partial charge < -0.3 is 15.3 Å². The number of carboxylic acid groups (broad SMARTS) is 1. The highest BCUT2D eigenvalue weighted by Gasteiger charge is 2.23. The van der Waals surface area contributed by atoms with E-state index in [1.165, 1.54) is 11.0 Å². The number of rotatable bonds is 11. The molecule has 0 radical (unpaired) electrons. The maximum atomic E-state index is 14.1. The molecule has 9 heteroatoms.